The van der Waals surface area contributed by atoms with E-state index in [1.807, 2.05) is 0 Å². The molecule has 82 valence electrons. The van der Waals surface area contributed by atoms with Crippen molar-refractivity contribution in [1.29, 1.82) is 0 Å². The first-order valence-corrected chi connectivity index (χ1v) is 6.47. The summed E-state index contributed by atoms with van der Waals surface area (Å²) in [6.45, 7) is 6.00. The van der Waals surface area contributed by atoms with Crippen LogP contribution in [0.4, 0.5) is 0 Å². The summed E-state index contributed by atoms with van der Waals surface area (Å²) in [6.07, 6.45) is 15.4. The van der Waals surface area contributed by atoms with E-state index < -0.39 is 0 Å². The van der Waals surface area contributed by atoms with Crippen molar-refractivity contribution in [3.63, 3.8) is 0 Å². The van der Waals surface area contributed by atoms with Crippen LogP contribution in [0.3, 0.4) is 0 Å². The van der Waals surface area contributed by atoms with Crippen molar-refractivity contribution in [3.05, 3.63) is 13.2 Å². The van der Waals surface area contributed by atoms with E-state index in [0.717, 1.165) is 11.8 Å². The Morgan fingerprint density at radius 2 is 0.786 bits per heavy atom. The van der Waals surface area contributed by atoms with Crippen LogP contribution >= 0.6 is 0 Å². The molecule has 0 aromatic heterocycles. The van der Waals surface area contributed by atoms with Crippen molar-refractivity contribution in [3.8, 4) is 0 Å². The zero-order valence-electron chi connectivity index (χ0n) is 9.64. The van der Waals surface area contributed by atoms with Gasteiger partial charge in [-0.1, -0.05) is 64.2 Å². The van der Waals surface area contributed by atoms with Crippen LogP contribution in [-0.2, 0) is 0 Å². The lowest BCUT2D eigenvalue weighted by Crippen LogP contribution is -2.20. The van der Waals surface area contributed by atoms with Crippen LogP contribution in [0.25, 0.3) is 0 Å². The second kappa shape index (κ2) is 7.09. The molecule has 0 atom stereocenters. The summed E-state index contributed by atoms with van der Waals surface area (Å²) in [5.41, 5.74) is 0. The molecule has 2 aliphatic carbocycles. The average molecular weight is 194 g/mol. The Bertz CT molecular complexity index is 111. The van der Waals surface area contributed by atoms with Gasteiger partial charge < -0.3 is 0 Å². The van der Waals surface area contributed by atoms with Crippen molar-refractivity contribution in [2.24, 2.45) is 11.8 Å². The first-order valence-electron chi connectivity index (χ1n) is 6.47. The standard InChI is InChI=1S/C12H22.C2H4/c1-3-7-11(8-4-1)12-9-5-2-6-10-12;1-2/h11-12H,1-10H2;1-2H2. The van der Waals surface area contributed by atoms with Crippen molar-refractivity contribution >= 4 is 0 Å². The molecule has 0 radical (unpaired) electrons. The molecule has 0 heterocycles. The van der Waals surface area contributed by atoms with Gasteiger partial charge in [-0.3, -0.25) is 0 Å². The van der Waals surface area contributed by atoms with Gasteiger partial charge in [0.15, 0.2) is 0 Å². The largest absolute Gasteiger partial charge is 0.106 e. The summed E-state index contributed by atoms with van der Waals surface area (Å²) in [5, 5.41) is 0. The summed E-state index contributed by atoms with van der Waals surface area (Å²) in [4.78, 5) is 0. The van der Waals surface area contributed by atoms with Gasteiger partial charge >= 0.3 is 0 Å². The molecule has 0 saturated heterocycles. The fourth-order valence-electron chi connectivity index (χ4n) is 3.21. The normalized spacial score (nSPS) is 25.1. The fourth-order valence-corrected chi connectivity index (χ4v) is 3.21. The minimum Gasteiger partial charge on any atom is -0.106 e. The monoisotopic (exact) mass is 194 g/mol. The minimum atomic E-state index is 1.14. The van der Waals surface area contributed by atoms with Crippen LogP contribution in [0, 0.1) is 11.8 Å². The second-order valence-electron chi connectivity index (χ2n) is 4.80. The Labute approximate surface area is 89.8 Å². The summed E-state index contributed by atoms with van der Waals surface area (Å²) < 4.78 is 0. The molecule has 14 heavy (non-hydrogen) atoms. The lowest BCUT2D eigenvalue weighted by molar-refractivity contribution is 0.196. The lowest BCUT2D eigenvalue weighted by Gasteiger charge is -2.32. The highest BCUT2D eigenvalue weighted by molar-refractivity contribution is 4.76. The Kier molecular flexibility index (Phi) is 5.98. The quantitative estimate of drug-likeness (QED) is 0.518. The van der Waals surface area contributed by atoms with Crippen LogP contribution in [0.2, 0.25) is 0 Å². The maximum Gasteiger partial charge on any atom is -0.0386 e. The van der Waals surface area contributed by atoms with Gasteiger partial charge in [0, 0.05) is 0 Å². The highest BCUT2D eigenvalue weighted by Gasteiger charge is 2.24. The fraction of sp³-hybridized carbons (Fsp3) is 0.857. The summed E-state index contributed by atoms with van der Waals surface area (Å²) in [7, 11) is 0. The van der Waals surface area contributed by atoms with Gasteiger partial charge in [-0.15, -0.1) is 13.2 Å². The molecule has 0 nitrogen and oxygen atoms in total. The molecule has 2 aliphatic rings. The predicted octanol–water partition coefficient (Wildman–Crippen LogP) is 4.95. The average Bonchev–Trinajstić information content (AvgIpc) is 2.34. The van der Waals surface area contributed by atoms with E-state index in [2.05, 4.69) is 13.2 Å². The van der Waals surface area contributed by atoms with E-state index in [-0.39, 0.29) is 0 Å². The zero-order chi connectivity index (χ0) is 10.2. The van der Waals surface area contributed by atoms with Gasteiger partial charge in [-0.25, -0.2) is 0 Å². The highest BCUT2D eigenvalue weighted by Crippen LogP contribution is 2.37. The van der Waals surface area contributed by atoms with Gasteiger partial charge in [-0.2, -0.15) is 0 Å². The Balaban J connectivity index is 0.000000461. The molecule has 0 amide bonds. The molecule has 2 saturated carbocycles. The van der Waals surface area contributed by atoms with Crippen LogP contribution in [0.15, 0.2) is 13.2 Å². The lowest BCUT2D eigenvalue weighted by atomic mass is 9.73. The molecule has 0 aliphatic heterocycles. The van der Waals surface area contributed by atoms with E-state index in [9.17, 15) is 0 Å². The van der Waals surface area contributed by atoms with Crippen molar-refractivity contribution in [1.82, 2.24) is 0 Å². The maximum atomic E-state index is 3.00. The highest BCUT2D eigenvalue weighted by atomic mass is 14.3. The van der Waals surface area contributed by atoms with Crippen LogP contribution in [-0.4, -0.2) is 0 Å². The number of rotatable bonds is 1. The van der Waals surface area contributed by atoms with Gasteiger partial charge in [0.2, 0.25) is 0 Å². The zero-order valence-corrected chi connectivity index (χ0v) is 9.64. The Morgan fingerprint density at radius 3 is 1.07 bits per heavy atom. The smallest absolute Gasteiger partial charge is 0.0386 e. The third-order valence-electron chi connectivity index (χ3n) is 3.97. The van der Waals surface area contributed by atoms with Gasteiger partial charge in [0.05, 0.1) is 0 Å². The van der Waals surface area contributed by atoms with Crippen molar-refractivity contribution in [2.45, 2.75) is 64.2 Å². The second-order valence-corrected chi connectivity index (χ2v) is 4.80. The molecule has 0 spiro atoms. The van der Waals surface area contributed by atoms with E-state index >= 15 is 0 Å². The molecule has 0 aromatic carbocycles. The number of hydrogen-bond acceptors (Lipinski definition) is 0. The molecular formula is C14H26. The first kappa shape index (κ1) is 11.8. The van der Waals surface area contributed by atoms with Crippen molar-refractivity contribution < 1.29 is 0 Å². The van der Waals surface area contributed by atoms with E-state index in [0.29, 0.717) is 0 Å². The van der Waals surface area contributed by atoms with E-state index in [1.165, 1.54) is 38.5 Å². The van der Waals surface area contributed by atoms with Crippen LogP contribution < -0.4 is 0 Å². The van der Waals surface area contributed by atoms with Crippen molar-refractivity contribution in [2.75, 3.05) is 0 Å². The van der Waals surface area contributed by atoms with Gasteiger partial charge in [0.25, 0.3) is 0 Å². The van der Waals surface area contributed by atoms with Crippen LogP contribution in [0.1, 0.15) is 64.2 Å². The third kappa shape index (κ3) is 3.48. The van der Waals surface area contributed by atoms with Gasteiger partial charge in [0.1, 0.15) is 0 Å². The molecule has 0 bridgehead atoms. The van der Waals surface area contributed by atoms with Gasteiger partial charge in [-0.05, 0) is 11.8 Å². The summed E-state index contributed by atoms with van der Waals surface area (Å²) in [5.74, 6) is 2.28. The molecule has 2 fully saturated rings. The summed E-state index contributed by atoms with van der Waals surface area (Å²) in [6, 6.07) is 0. The first-order chi connectivity index (χ1) is 6.97. The van der Waals surface area contributed by atoms with Crippen LogP contribution in [0.5, 0.6) is 0 Å². The molecule has 0 heteroatoms. The summed E-state index contributed by atoms with van der Waals surface area (Å²) >= 11 is 0. The molecule has 2 rings (SSSR count). The predicted molar refractivity (Wildman–Crippen MR) is 64.4 cm³/mol. The third-order valence-corrected chi connectivity index (χ3v) is 3.97. The maximum absolute atomic E-state index is 3.00. The van der Waals surface area contributed by atoms with E-state index in [1.54, 1.807) is 25.7 Å². The molecule has 0 unspecified atom stereocenters. The Morgan fingerprint density at radius 1 is 0.500 bits per heavy atom. The molecule has 0 N–H and O–H groups in total. The molecular weight excluding hydrogens is 168 g/mol. The topological polar surface area (TPSA) is 0 Å². The SMILES string of the molecule is C1CCC(C2CCCCC2)CC1.C=C. The molecule has 0 aromatic rings. The number of hydrogen-bond donors (Lipinski definition) is 0. The Hall–Kier alpha value is -0.260. The van der Waals surface area contributed by atoms with E-state index in [4.69, 9.17) is 0 Å². The minimum absolute atomic E-state index is 1.14.